The Morgan fingerprint density at radius 2 is 1.41 bits per heavy atom. The minimum atomic E-state index is -3.79. The topological polar surface area (TPSA) is 61.8 Å². The summed E-state index contributed by atoms with van der Waals surface area (Å²) in [5.74, 6) is 2.38. The van der Waals surface area contributed by atoms with Crippen molar-refractivity contribution in [3.05, 3.63) is 125 Å². The van der Waals surface area contributed by atoms with E-state index < -0.39 is 7.60 Å². The molecule has 0 N–H and O–H groups in total. The zero-order chi connectivity index (χ0) is 31.5. The van der Waals surface area contributed by atoms with Crippen molar-refractivity contribution in [1.29, 1.82) is 0 Å². The molecule has 1 heterocycles. The zero-order valence-corrected chi connectivity index (χ0v) is 31.8. The number of fused-ring (bicyclic) bond motifs is 5. The van der Waals surface area contributed by atoms with Gasteiger partial charge in [-0.3, -0.25) is 4.79 Å². The fraction of sp³-hybridized carbons (Fsp3) is 0.405. The van der Waals surface area contributed by atoms with Crippen molar-refractivity contribution in [1.82, 2.24) is 0 Å². The largest absolute Gasteiger partial charge is 0.462 e. The molecule has 0 aromatic heterocycles. The van der Waals surface area contributed by atoms with Gasteiger partial charge in [0.2, 0.25) is 0 Å². The maximum absolute atomic E-state index is 14.6. The second-order valence-electron chi connectivity index (χ2n) is 14.0. The summed E-state index contributed by atoms with van der Waals surface area (Å²) in [4.78, 5) is 12.5. The number of ether oxygens (including phenoxy) is 1. The van der Waals surface area contributed by atoms with Gasteiger partial charge in [-0.05, 0) is 122 Å². The van der Waals surface area contributed by atoms with Crippen LogP contribution < -0.4 is 14.4 Å². The Balaban J connectivity index is 0.00000140. The van der Waals surface area contributed by atoms with E-state index in [0.29, 0.717) is 35.1 Å². The Morgan fingerprint density at radius 1 is 0.804 bits per heavy atom. The predicted molar refractivity (Wildman–Crippen MR) is 225 cm³/mol. The molecule has 5 nitrogen and oxygen atoms in total. The van der Waals surface area contributed by atoms with Crippen LogP contribution in [-0.2, 0) is 14.1 Å². The normalized spacial score (nSPS) is 27.5. The molecule has 0 amide bonds. The van der Waals surface area contributed by atoms with Gasteiger partial charge in [0.25, 0.3) is 0 Å². The van der Waals surface area contributed by atoms with E-state index in [0.717, 1.165) is 51.6 Å². The third-order valence-electron chi connectivity index (χ3n) is 11.7. The Morgan fingerprint density at radius 3 is 1.98 bits per heavy atom. The first-order valence-electron chi connectivity index (χ1n) is 16.8. The first-order valence-corrected chi connectivity index (χ1v) is 18.3. The van der Waals surface area contributed by atoms with Crippen LogP contribution in [0.3, 0.4) is 0 Å². The van der Waals surface area contributed by atoms with Crippen molar-refractivity contribution >= 4 is 59.2 Å². The number of benzene rings is 3. The number of para-hydroxylation sites is 2. The van der Waals surface area contributed by atoms with Gasteiger partial charge in [-0.2, -0.15) is 40.5 Å². The summed E-state index contributed by atoms with van der Waals surface area (Å²) >= 11 is 0. The SMILES string of the molecule is C.C.C=C1CCO[C@]12CC[C@H]1[C@@H]3CCC4=CC(=O)CCC4=C3[C@@H](c3ccc(P(=O)(Oc4ccccc4)Oc4ccccc4)cc3)C[C@@]12C.S.S.S. The van der Waals surface area contributed by atoms with Gasteiger partial charge in [0.1, 0.15) is 11.5 Å². The number of carbonyl (C=O) groups excluding carboxylic acids is 1. The number of carbonyl (C=O) groups is 1. The lowest BCUT2D eigenvalue weighted by Crippen LogP contribution is -2.52. The Kier molecular flexibility index (Phi) is 13.9. The van der Waals surface area contributed by atoms with E-state index in [2.05, 4.69) is 25.6 Å². The minimum absolute atomic E-state index is 0. The van der Waals surface area contributed by atoms with Gasteiger partial charge in [-0.15, -0.1) is 0 Å². The van der Waals surface area contributed by atoms with Gasteiger partial charge in [0.15, 0.2) is 5.78 Å². The van der Waals surface area contributed by atoms with Crippen LogP contribution in [0.25, 0.3) is 0 Å². The molecule has 0 bridgehead atoms. The summed E-state index contributed by atoms with van der Waals surface area (Å²) < 4.78 is 33.6. The summed E-state index contributed by atoms with van der Waals surface area (Å²) in [6.07, 6.45) is 9.47. The van der Waals surface area contributed by atoms with Gasteiger partial charge < -0.3 is 13.8 Å². The quantitative estimate of drug-likeness (QED) is 0.185. The van der Waals surface area contributed by atoms with Crippen molar-refractivity contribution in [3.8, 4) is 11.5 Å². The molecule has 1 spiro atoms. The first-order chi connectivity index (χ1) is 22.3. The van der Waals surface area contributed by atoms with E-state index in [4.69, 9.17) is 13.8 Å². The average molecular weight is 767 g/mol. The van der Waals surface area contributed by atoms with E-state index >= 15 is 0 Å². The van der Waals surface area contributed by atoms with E-state index in [1.807, 2.05) is 54.6 Å². The Hall–Kier alpha value is -2.61. The van der Waals surface area contributed by atoms with Gasteiger partial charge in [-0.25, -0.2) is 4.57 Å². The molecular formula is C42H55O5PS3. The summed E-state index contributed by atoms with van der Waals surface area (Å²) in [5.41, 5.74) is 6.36. The third-order valence-corrected chi connectivity index (χ3v) is 13.6. The standard InChI is InChI=1S/C40H41O5P.2CH4.3H2S/c1-27-22-24-43-40(27)23-21-37-35-19-15-29-25-30(41)16-20-34(29)38(35)36(26-39(37,40)2)28-13-17-33(18-14-28)46(42,44-31-9-5-3-6-10-31)45-32-11-7-4-8-12-32;;;;;/h3-14,17-18,25,35-37H,1,15-16,19-24,26H2,2H3;2*1H4;3*1H2/t35-,36+,37-,39-,40+;;;;;/m0...../s1. The molecule has 0 unspecified atom stereocenters. The molecule has 9 heteroatoms. The van der Waals surface area contributed by atoms with Crippen LogP contribution in [0, 0.1) is 17.3 Å². The van der Waals surface area contributed by atoms with Crippen LogP contribution in [0.15, 0.2) is 120 Å². The first kappa shape index (κ1) is 42.8. The maximum atomic E-state index is 14.6. The summed E-state index contributed by atoms with van der Waals surface area (Å²) in [6, 6.07) is 26.5. The second kappa shape index (κ2) is 16.6. The van der Waals surface area contributed by atoms with Crippen molar-refractivity contribution in [2.45, 2.75) is 84.7 Å². The van der Waals surface area contributed by atoms with E-state index in [1.54, 1.807) is 24.3 Å². The van der Waals surface area contributed by atoms with Crippen LogP contribution in [0.5, 0.6) is 11.5 Å². The van der Waals surface area contributed by atoms with E-state index in [1.165, 1.54) is 27.9 Å². The molecule has 3 aromatic rings. The highest BCUT2D eigenvalue weighted by atomic mass is 32.1. The number of ketones is 1. The monoisotopic (exact) mass is 766 g/mol. The van der Waals surface area contributed by atoms with Crippen molar-refractivity contribution in [2.75, 3.05) is 6.61 Å². The lowest BCUT2D eigenvalue weighted by atomic mass is 9.50. The molecular weight excluding hydrogens is 712 g/mol. The number of hydrogen-bond donors (Lipinski definition) is 0. The molecule has 1 saturated heterocycles. The molecule has 8 rings (SSSR count). The molecule has 4 aliphatic carbocycles. The van der Waals surface area contributed by atoms with E-state index in [9.17, 15) is 9.36 Å². The highest BCUT2D eigenvalue weighted by Gasteiger charge is 2.66. The van der Waals surface area contributed by atoms with Crippen LogP contribution in [0.2, 0.25) is 0 Å². The number of hydrogen-bond acceptors (Lipinski definition) is 5. The van der Waals surface area contributed by atoms with Gasteiger partial charge in [0.05, 0.1) is 17.5 Å². The molecule has 5 atom stereocenters. The van der Waals surface area contributed by atoms with Crippen molar-refractivity contribution < 1.29 is 23.1 Å². The lowest BCUT2D eigenvalue weighted by Gasteiger charge is -2.55. The molecule has 3 fully saturated rings. The van der Waals surface area contributed by atoms with E-state index in [-0.39, 0.29) is 78.1 Å². The Bertz CT molecular complexity index is 1760. The van der Waals surface area contributed by atoms with Crippen molar-refractivity contribution in [3.63, 3.8) is 0 Å². The predicted octanol–water partition coefficient (Wildman–Crippen LogP) is 10.9. The zero-order valence-electron chi connectivity index (χ0n) is 28.0. The van der Waals surface area contributed by atoms with Crippen molar-refractivity contribution in [2.24, 2.45) is 17.3 Å². The number of allylic oxidation sites excluding steroid dienone is 4. The molecule has 5 aliphatic rings. The lowest BCUT2D eigenvalue weighted by molar-refractivity contribution is -0.114. The molecule has 1 aliphatic heterocycles. The minimum Gasteiger partial charge on any atom is -0.413 e. The van der Waals surface area contributed by atoms with Gasteiger partial charge in [0, 0.05) is 17.8 Å². The highest BCUT2D eigenvalue weighted by Crippen LogP contribution is 2.70. The molecule has 3 aromatic carbocycles. The average Bonchev–Trinajstić information content (AvgIpc) is 3.60. The van der Waals surface area contributed by atoms with Crippen LogP contribution in [0.1, 0.15) is 84.6 Å². The molecule has 2 saturated carbocycles. The highest BCUT2D eigenvalue weighted by molar-refractivity contribution is 7.63. The van der Waals surface area contributed by atoms with Crippen LogP contribution in [0.4, 0.5) is 0 Å². The fourth-order valence-corrected chi connectivity index (χ4v) is 11.2. The summed E-state index contributed by atoms with van der Waals surface area (Å²) in [5, 5.41) is 0.510. The fourth-order valence-electron chi connectivity index (χ4n) is 9.67. The maximum Gasteiger partial charge on any atom is 0.462 e. The summed E-state index contributed by atoms with van der Waals surface area (Å²) in [6.45, 7) is 7.79. The summed E-state index contributed by atoms with van der Waals surface area (Å²) in [7, 11) is -3.79. The molecule has 0 radical (unpaired) electrons. The Labute approximate surface area is 326 Å². The smallest absolute Gasteiger partial charge is 0.413 e. The van der Waals surface area contributed by atoms with Gasteiger partial charge in [-0.1, -0.05) is 82.5 Å². The van der Waals surface area contributed by atoms with Crippen LogP contribution in [-0.4, -0.2) is 18.0 Å². The molecule has 276 valence electrons. The third kappa shape index (κ3) is 7.21. The second-order valence-corrected chi connectivity index (χ2v) is 15.8. The molecule has 51 heavy (non-hydrogen) atoms. The number of rotatable bonds is 6. The van der Waals surface area contributed by atoms with Crippen LogP contribution >= 0.6 is 48.1 Å². The van der Waals surface area contributed by atoms with Gasteiger partial charge >= 0.3 is 7.60 Å².